The molecule has 0 unspecified atom stereocenters. The molecule has 0 amide bonds. The summed E-state index contributed by atoms with van der Waals surface area (Å²) < 4.78 is 12.9. The molecule has 4 heteroatoms. The molecule has 0 aliphatic heterocycles. The van der Waals surface area contributed by atoms with Crippen LogP contribution in [0, 0.1) is 0 Å². The number of unbranched alkanes of at least 4 members (excludes halogenated alkanes) is 18. The van der Waals surface area contributed by atoms with Crippen molar-refractivity contribution in [3.8, 4) is 11.5 Å². The molecule has 5 rings (SSSR count). The largest absolute Gasteiger partial charge is 0.490 e. The zero-order valence-electron chi connectivity index (χ0n) is 30.0. The van der Waals surface area contributed by atoms with E-state index < -0.39 is 0 Å². The van der Waals surface area contributed by atoms with E-state index in [1.807, 2.05) is 0 Å². The summed E-state index contributed by atoms with van der Waals surface area (Å²) in [5.41, 5.74) is 3.59. The average Bonchev–Trinajstić information content (AvgIpc) is 3.12. The molecule has 0 aliphatic carbocycles. The maximum absolute atomic E-state index is 6.44. The molecule has 258 valence electrons. The molecular weight excluding hydrogens is 588 g/mol. The second kappa shape index (κ2) is 20.2. The highest BCUT2D eigenvalue weighted by atomic mass is 16.5. The number of fused-ring (bicyclic) bond motifs is 7. The molecule has 0 radical (unpaired) electrons. The van der Waals surface area contributed by atoms with E-state index in [9.17, 15) is 0 Å². The summed E-state index contributed by atoms with van der Waals surface area (Å²) in [5.74, 6) is 1.59. The summed E-state index contributed by atoms with van der Waals surface area (Å²) in [7, 11) is 0. The number of nitrogens with zero attached hydrogens (tertiary/aromatic N) is 2. The van der Waals surface area contributed by atoms with Crippen LogP contribution in [0.2, 0.25) is 0 Å². The molecule has 0 fully saturated rings. The van der Waals surface area contributed by atoms with Gasteiger partial charge in [-0.05, 0) is 23.6 Å². The summed E-state index contributed by atoms with van der Waals surface area (Å²) in [6, 6.07) is 21.2. The Morgan fingerprint density at radius 3 is 1.06 bits per heavy atom. The Morgan fingerprint density at radius 1 is 0.396 bits per heavy atom. The number of rotatable bonds is 24. The van der Waals surface area contributed by atoms with E-state index in [1.54, 1.807) is 0 Å². The lowest BCUT2D eigenvalue weighted by Gasteiger charge is -2.15. The minimum absolute atomic E-state index is 0.700. The molecule has 0 saturated carbocycles. The highest BCUT2D eigenvalue weighted by Crippen LogP contribution is 2.37. The lowest BCUT2D eigenvalue weighted by Crippen LogP contribution is -2.04. The van der Waals surface area contributed by atoms with Crippen molar-refractivity contribution in [3.63, 3.8) is 0 Å². The highest BCUT2D eigenvalue weighted by molar-refractivity contribution is 6.23. The van der Waals surface area contributed by atoms with Gasteiger partial charge in [-0.3, -0.25) is 0 Å². The molecule has 4 aromatic carbocycles. The Kier molecular flexibility index (Phi) is 15.1. The van der Waals surface area contributed by atoms with Crippen molar-refractivity contribution in [3.05, 3.63) is 60.7 Å². The van der Waals surface area contributed by atoms with Crippen LogP contribution in [0.15, 0.2) is 60.7 Å². The van der Waals surface area contributed by atoms with Crippen LogP contribution in [-0.2, 0) is 0 Å². The van der Waals surface area contributed by atoms with Crippen molar-refractivity contribution in [1.82, 2.24) is 9.97 Å². The van der Waals surface area contributed by atoms with Gasteiger partial charge in [0.1, 0.15) is 0 Å². The fraction of sp³-hybridized carbons (Fsp3) is 0.545. The van der Waals surface area contributed by atoms with Crippen LogP contribution in [-0.4, -0.2) is 23.2 Å². The summed E-state index contributed by atoms with van der Waals surface area (Å²) in [6.45, 7) is 5.97. The predicted octanol–water partition coefficient (Wildman–Crippen LogP) is 13.7. The lowest BCUT2D eigenvalue weighted by atomic mass is 9.99. The standard InChI is InChI=1S/C44H60N2O2/c1-3-5-7-9-11-13-15-17-19-25-31-47-41-33-39-40(34-42(41)48-32-26-20-18-16-14-12-10-8-6-4-2)46-44-38-30-24-22-28-36(38)35-27-21-23-29-37(35)43(44)45-39/h21-24,27-30,33-34H,3-20,25-26,31-32H2,1-2H3. The Bertz CT molecular complexity index is 1560. The van der Waals surface area contributed by atoms with Crippen LogP contribution in [0.1, 0.15) is 142 Å². The van der Waals surface area contributed by atoms with Crippen LogP contribution in [0.3, 0.4) is 0 Å². The van der Waals surface area contributed by atoms with E-state index in [0.29, 0.717) is 13.2 Å². The first-order valence-electron chi connectivity index (χ1n) is 19.6. The fourth-order valence-corrected chi connectivity index (χ4v) is 7.06. The number of benzene rings is 4. The molecule has 0 saturated heterocycles. The van der Waals surface area contributed by atoms with E-state index in [1.165, 1.54) is 126 Å². The average molecular weight is 649 g/mol. The normalized spacial score (nSPS) is 11.7. The monoisotopic (exact) mass is 648 g/mol. The van der Waals surface area contributed by atoms with E-state index in [4.69, 9.17) is 19.4 Å². The Balaban J connectivity index is 1.25. The predicted molar refractivity (Wildman–Crippen MR) is 207 cm³/mol. The molecule has 0 spiro atoms. The number of aromatic nitrogens is 2. The first kappa shape index (κ1) is 35.9. The van der Waals surface area contributed by atoms with Crippen molar-refractivity contribution >= 4 is 43.6 Å². The molecule has 1 aromatic heterocycles. The molecule has 4 nitrogen and oxygen atoms in total. The van der Waals surface area contributed by atoms with Gasteiger partial charge in [-0.1, -0.05) is 178 Å². The second-order valence-corrected chi connectivity index (χ2v) is 13.9. The third kappa shape index (κ3) is 10.3. The van der Waals surface area contributed by atoms with Gasteiger partial charge in [0.2, 0.25) is 0 Å². The first-order chi connectivity index (χ1) is 23.8. The molecule has 0 aliphatic rings. The maximum atomic E-state index is 6.44. The molecule has 0 N–H and O–H groups in total. The summed E-state index contributed by atoms with van der Waals surface area (Å²) in [5, 5.41) is 4.69. The van der Waals surface area contributed by atoms with Crippen LogP contribution in [0.5, 0.6) is 11.5 Å². The van der Waals surface area contributed by atoms with E-state index in [-0.39, 0.29) is 0 Å². The van der Waals surface area contributed by atoms with Gasteiger partial charge in [0.05, 0.1) is 35.3 Å². The molecule has 0 atom stereocenters. The van der Waals surface area contributed by atoms with Gasteiger partial charge in [-0.2, -0.15) is 0 Å². The van der Waals surface area contributed by atoms with Crippen molar-refractivity contribution < 1.29 is 9.47 Å². The lowest BCUT2D eigenvalue weighted by molar-refractivity contribution is 0.259. The van der Waals surface area contributed by atoms with Gasteiger partial charge in [-0.25, -0.2) is 9.97 Å². The fourth-order valence-electron chi connectivity index (χ4n) is 7.06. The Morgan fingerprint density at radius 2 is 0.708 bits per heavy atom. The van der Waals surface area contributed by atoms with Crippen molar-refractivity contribution in [2.45, 2.75) is 142 Å². The minimum atomic E-state index is 0.700. The van der Waals surface area contributed by atoms with Gasteiger partial charge in [0.15, 0.2) is 11.5 Å². The van der Waals surface area contributed by atoms with E-state index in [0.717, 1.165) is 57.2 Å². The first-order valence-corrected chi connectivity index (χ1v) is 19.6. The van der Waals surface area contributed by atoms with Crippen molar-refractivity contribution in [2.24, 2.45) is 0 Å². The molecule has 48 heavy (non-hydrogen) atoms. The Labute approximate surface area is 290 Å². The SMILES string of the molecule is CCCCCCCCCCCCOc1cc2nc3c4ccccc4c4ccccc4c3nc2cc1OCCCCCCCCCCCC. The van der Waals surface area contributed by atoms with Gasteiger partial charge >= 0.3 is 0 Å². The third-order valence-corrected chi connectivity index (χ3v) is 9.90. The number of hydrogen-bond donors (Lipinski definition) is 0. The van der Waals surface area contributed by atoms with Gasteiger partial charge < -0.3 is 9.47 Å². The third-order valence-electron chi connectivity index (χ3n) is 9.90. The van der Waals surface area contributed by atoms with Gasteiger partial charge in [-0.15, -0.1) is 0 Å². The molecule has 5 aromatic rings. The van der Waals surface area contributed by atoms with E-state index in [2.05, 4.69) is 74.5 Å². The quantitative estimate of drug-likeness (QED) is 0.0379. The number of ether oxygens (including phenoxy) is 2. The molecular formula is C44H60N2O2. The zero-order chi connectivity index (χ0) is 33.2. The minimum Gasteiger partial charge on any atom is -0.490 e. The van der Waals surface area contributed by atoms with Crippen molar-refractivity contribution in [2.75, 3.05) is 13.2 Å². The smallest absolute Gasteiger partial charge is 0.163 e. The molecule has 1 heterocycles. The second-order valence-electron chi connectivity index (χ2n) is 13.9. The van der Waals surface area contributed by atoms with Crippen LogP contribution < -0.4 is 9.47 Å². The van der Waals surface area contributed by atoms with Crippen LogP contribution in [0.4, 0.5) is 0 Å². The van der Waals surface area contributed by atoms with Crippen molar-refractivity contribution in [1.29, 1.82) is 0 Å². The molecule has 0 bridgehead atoms. The van der Waals surface area contributed by atoms with Gasteiger partial charge in [0, 0.05) is 22.9 Å². The van der Waals surface area contributed by atoms with E-state index >= 15 is 0 Å². The summed E-state index contributed by atoms with van der Waals surface area (Å²) in [6.07, 6.45) is 26.3. The topological polar surface area (TPSA) is 44.2 Å². The highest BCUT2D eigenvalue weighted by Gasteiger charge is 2.15. The number of hydrogen-bond acceptors (Lipinski definition) is 4. The van der Waals surface area contributed by atoms with Crippen LogP contribution >= 0.6 is 0 Å². The summed E-state index contributed by atoms with van der Waals surface area (Å²) in [4.78, 5) is 10.5. The van der Waals surface area contributed by atoms with Gasteiger partial charge in [0.25, 0.3) is 0 Å². The van der Waals surface area contributed by atoms with Crippen LogP contribution in [0.25, 0.3) is 43.6 Å². The maximum Gasteiger partial charge on any atom is 0.163 e. The summed E-state index contributed by atoms with van der Waals surface area (Å²) >= 11 is 0. The zero-order valence-corrected chi connectivity index (χ0v) is 30.0. The Hall–Kier alpha value is -3.40.